The predicted molar refractivity (Wildman–Crippen MR) is 57.1 cm³/mol. The second kappa shape index (κ2) is 3.80. The fourth-order valence-corrected chi connectivity index (χ4v) is 1.43. The van der Waals surface area contributed by atoms with Crippen molar-refractivity contribution in [2.24, 2.45) is 7.05 Å². The number of anilines is 1. The summed E-state index contributed by atoms with van der Waals surface area (Å²) in [6.45, 7) is 3.59. The zero-order valence-corrected chi connectivity index (χ0v) is 9.31. The highest BCUT2D eigenvalue weighted by Crippen LogP contribution is 2.09. The monoisotopic (exact) mass is 220 g/mol. The summed E-state index contributed by atoms with van der Waals surface area (Å²) in [6.07, 6.45) is 0. The first-order valence-electron chi connectivity index (χ1n) is 4.81. The van der Waals surface area contributed by atoms with Crippen molar-refractivity contribution < 1.29 is 9.32 Å². The van der Waals surface area contributed by atoms with Crippen LogP contribution in [0.2, 0.25) is 0 Å². The number of aromatic nitrogens is 3. The smallest absolute Gasteiger partial charge is 0.275 e. The lowest BCUT2D eigenvalue weighted by atomic mass is 10.3. The highest BCUT2D eigenvalue weighted by atomic mass is 16.5. The predicted octanol–water partition coefficient (Wildman–Crippen LogP) is 1.28. The molecule has 1 N–H and O–H groups in total. The maximum Gasteiger partial charge on any atom is 0.275 e. The van der Waals surface area contributed by atoms with Crippen LogP contribution in [-0.4, -0.2) is 20.8 Å². The molecule has 0 fully saturated rings. The number of nitrogens with zero attached hydrogens (tertiary/aromatic N) is 3. The van der Waals surface area contributed by atoms with E-state index in [0.717, 1.165) is 5.69 Å². The molecule has 16 heavy (non-hydrogen) atoms. The number of nitrogens with one attached hydrogen (secondary N) is 1. The van der Waals surface area contributed by atoms with Crippen LogP contribution in [0.1, 0.15) is 21.9 Å². The minimum absolute atomic E-state index is 0.253. The summed E-state index contributed by atoms with van der Waals surface area (Å²) >= 11 is 0. The maximum absolute atomic E-state index is 11.8. The molecule has 2 aromatic heterocycles. The molecular formula is C10H12N4O2. The summed E-state index contributed by atoms with van der Waals surface area (Å²) in [5.74, 6) is 0.800. The number of aryl methyl sites for hydroxylation is 3. The third kappa shape index (κ3) is 1.95. The van der Waals surface area contributed by atoms with E-state index in [1.54, 1.807) is 26.1 Å². The Hall–Kier alpha value is -2.11. The topological polar surface area (TPSA) is 73.0 Å². The molecule has 0 aliphatic heterocycles. The molecule has 0 bridgehead atoms. The summed E-state index contributed by atoms with van der Waals surface area (Å²) in [7, 11) is 1.72. The number of hydrogen-bond acceptors (Lipinski definition) is 4. The maximum atomic E-state index is 11.8. The van der Waals surface area contributed by atoms with Crippen LogP contribution >= 0.6 is 0 Å². The minimum Gasteiger partial charge on any atom is -0.360 e. The van der Waals surface area contributed by atoms with Gasteiger partial charge in [-0.1, -0.05) is 5.16 Å². The summed E-state index contributed by atoms with van der Waals surface area (Å²) in [4.78, 5) is 11.8. The Morgan fingerprint density at radius 2 is 2.19 bits per heavy atom. The molecule has 0 saturated heterocycles. The Labute approximate surface area is 92.2 Å². The van der Waals surface area contributed by atoms with Gasteiger partial charge >= 0.3 is 0 Å². The highest BCUT2D eigenvalue weighted by Gasteiger charge is 2.13. The van der Waals surface area contributed by atoms with Crippen molar-refractivity contribution in [2.45, 2.75) is 13.8 Å². The largest absolute Gasteiger partial charge is 0.360 e. The highest BCUT2D eigenvalue weighted by molar-refractivity contribution is 6.02. The SMILES string of the molecule is Cc1cc(C(=O)Nc2cc(C)on2)n(C)n1. The minimum atomic E-state index is -0.253. The van der Waals surface area contributed by atoms with E-state index in [9.17, 15) is 4.79 Å². The molecule has 0 unspecified atom stereocenters. The van der Waals surface area contributed by atoms with Gasteiger partial charge in [0.1, 0.15) is 11.5 Å². The normalized spacial score (nSPS) is 10.4. The van der Waals surface area contributed by atoms with Crippen LogP contribution in [0, 0.1) is 13.8 Å². The summed E-state index contributed by atoms with van der Waals surface area (Å²) < 4.78 is 6.37. The molecular weight excluding hydrogens is 208 g/mol. The zero-order valence-electron chi connectivity index (χ0n) is 9.31. The van der Waals surface area contributed by atoms with Gasteiger partial charge < -0.3 is 9.84 Å². The summed E-state index contributed by atoms with van der Waals surface area (Å²) in [5, 5.41) is 10.4. The molecule has 2 aromatic rings. The number of carbonyl (C=O) groups is 1. The van der Waals surface area contributed by atoms with Gasteiger partial charge in [-0.2, -0.15) is 5.10 Å². The first-order valence-corrected chi connectivity index (χ1v) is 4.81. The number of rotatable bonds is 2. The van der Waals surface area contributed by atoms with E-state index in [-0.39, 0.29) is 5.91 Å². The molecule has 0 radical (unpaired) electrons. The van der Waals surface area contributed by atoms with Crippen molar-refractivity contribution in [2.75, 3.05) is 5.32 Å². The van der Waals surface area contributed by atoms with Crippen LogP contribution in [0.4, 0.5) is 5.82 Å². The van der Waals surface area contributed by atoms with Crippen LogP contribution < -0.4 is 5.32 Å². The van der Waals surface area contributed by atoms with E-state index in [2.05, 4.69) is 15.6 Å². The third-order valence-corrected chi connectivity index (χ3v) is 2.10. The average Bonchev–Trinajstić information content (AvgIpc) is 2.73. The molecule has 0 aliphatic carbocycles. The lowest BCUT2D eigenvalue weighted by Crippen LogP contribution is -2.16. The van der Waals surface area contributed by atoms with E-state index < -0.39 is 0 Å². The molecule has 0 aliphatic rings. The van der Waals surface area contributed by atoms with Crippen LogP contribution in [0.5, 0.6) is 0 Å². The Kier molecular flexibility index (Phi) is 2.47. The molecule has 0 aromatic carbocycles. The summed E-state index contributed by atoms with van der Waals surface area (Å²) in [5.41, 5.74) is 1.28. The second-order valence-electron chi connectivity index (χ2n) is 3.57. The Morgan fingerprint density at radius 3 is 2.69 bits per heavy atom. The van der Waals surface area contributed by atoms with Crippen molar-refractivity contribution >= 4 is 11.7 Å². The Morgan fingerprint density at radius 1 is 1.44 bits per heavy atom. The van der Waals surface area contributed by atoms with Gasteiger partial charge in [-0.05, 0) is 19.9 Å². The van der Waals surface area contributed by atoms with Gasteiger partial charge in [0.2, 0.25) is 0 Å². The first-order chi connectivity index (χ1) is 7.56. The molecule has 0 saturated carbocycles. The van der Waals surface area contributed by atoms with Crippen molar-refractivity contribution in [1.82, 2.24) is 14.9 Å². The number of amides is 1. The van der Waals surface area contributed by atoms with Gasteiger partial charge in [-0.3, -0.25) is 9.48 Å². The van der Waals surface area contributed by atoms with Crippen molar-refractivity contribution in [3.8, 4) is 0 Å². The molecule has 0 atom stereocenters. The fraction of sp³-hybridized carbons (Fsp3) is 0.300. The molecule has 2 rings (SSSR count). The van der Waals surface area contributed by atoms with E-state index in [1.165, 1.54) is 4.68 Å². The van der Waals surface area contributed by atoms with Gasteiger partial charge in [0.25, 0.3) is 5.91 Å². The lowest BCUT2D eigenvalue weighted by Gasteiger charge is -2.00. The van der Waals surface area contributed by atoms with Gasteiger partial charge in [0.05, 0.1) is 5.69 Å². The van der Waals surface area contributed by atoms with E-state index in [4.69, 9.17) is 4.52 Å². The Bertz CT molecular complexity index is 527. The fourth-order valence-electron chi connectivity index (χ4n) is 1.43. The molecule has 0 spiro atoms. The van der Waals surface area contributed by atoms with Gasteiger partial charge in [0, 0.05) is 13.1 Å². The average molecular weight is 220 g/mol. The molecule has 2 heterocycles. The van der Waals surface area contributed by atoms with E-state index in [0.29, 0.717) is 17.3 Å². The van der Waals surface area contributed by atoms with Crippen molar-refractivity contribution in [3.63, 3.8) is 0 Å². The molecule has 6 heteroatoms. The van der Waals surface area contributed by atoms with Gasteiger partial charge in [0.15, 0.2) is 5.82 Å². The summed E-state index contributed by atoms with van der Waals surface area (Å²) in [6, 6.07) is 3.36. The van der Waals surface area contributed by atoms with E-state index in [1.807, 2.05) is 6.92 Å². The van der Waals surface area contributed by atoms with Crippen LogP contribution in [-0.2, 0) is 7.05 Å². The number of carbonyl (C=O) groups excluding carboxylic acids is 1. The van der Waals surface area contributed by atoms with Crippen LogP contribution in [0.25, 0.3) is 0 Å². The third-order valence-electron chi connectivity index (χ3n) is 2.10. The van der Waals surface area contributed by atoms with E-state index >= 15 is 0 Å². The standard InChI is InChI=1S/C10H12N4O2/c1-6-4-8(14(3)12-6)10(15)11-9-5-7(2)16-13-9/h4-5H,1-3H3,(H,11,13,15). The second-order valence-corrected chi connectivity index (χ2v) is 3.57. The molecule has 6 nitrogen and oxygen atoms in total. The lowest BCUT2D eigenvalue weighted by molar-refractivity contribution is 0.101. The molecule has 84 valence electrons. The van der Waals surface area contributed by atoms with Gasteiger partial charge in [-0.15, -0.1) is 0 Å². The quantitative estimate of drug-likeness (QED) is 0.827. The molecule has 1 amide bonds. The van der Waals surface area contributed by atoms with Crippen LogP contribution in [0.3, 0.4) is 0 Å². The van der Waals surface area contributed by atoms with Gasteiger partial charge in [-0.25, -0.2) is 0 Å². The van der Waals surface area contributed by atoms with Crippen molar-refractivity contribution in [3.05, 3.63) is 29.3 Å². The van der Waals surface area contributed by atoms with Crippen LogP contribution in [0.15, 0.2) is 16.7 Å². The number of hydrogen-bond donors (Lipinski definition) is 1. The Balaban J connectivity index is 2.17. The first kappa shape index (κ1) is 10.4. The van der Waals surface area contributed by atoms with Crippen molar-refractivity contribution in [1.29, 1.82) is 0 Å². The zero-order chi connectivity index (χ0) is 11.7.